The number of amides is 1. The molecule has 3 nitrogen and oxygen atoms in total. The molecule has 2 rings (SSSR count). The highest BCUT2D eigenvalue weighted by Crippen LogP contribution is 2.27. The minimum Gasteiger partial charge on any atom is -0.488 e. The first-order valence-electron chi connectivity index (χ1n) is 6.00. The summed E-state index contributed by atoms with van der Waals surface area (Å²) in [6, 6.07) is 12.3. The summed E-state index contributed by atoms with van der Waals surface area (Å²) >= 11 is 12.2. The van der Waals surface area contributed by atoms with Gasteiger partial charge < -0.3 is 10.1 Å². The molecule has 1 N–H and O–H groups in total. The van der Waals surface area contributed by atoms with Gasteiger partial charge in [0.1, 0.15) is 12.4 Å². The first-order chi connectivity index (χ1) is 9.63. The second-order valence-electron chi connectivity index (χ2n) is 4.06. The number of carbonyl (C=O) groups excluding carboxylic acids is 1. The van der Waals surface area contributed by atoms with Crippen molar-refractivity contribution in [3.63, 3.8) is 0 Å². The van der Waals surface area contributed by atoms with Crippen molar-refractivity contribution in [2.45, 2.75) is 6.61 Å². The van der Waals surface area contributed by atoms with E-state index in [4.69, 9.17) is 27.9 Å². The van der Waals surface area contributed by atoms with Gasteiger partial charge in [-0.15, -0.1) is 0 Å². The number of nitrogens with one attached hydrogen (secondary N) is 1. The number of hydrogen-bond acceptors (Lipinski definition) is 2. The van der Waals surface area contributed by atoms with Crippen molar-refractivity contribution in [2.75, 3.05) is 7.05 Å². The number of hydrogen-bond donors (Lipinski definition) is 1. The van der Waals surface area contributed by atoms with E-state index < -0.39 is 0 Å². The second-order valence-corrected chi connectivity index (χ2v) is 4.88. The zero-order valence-electron chi connectivity index (χ0n) is 10.8. The van der Waals surface area contributed by atoms with E-state index >= 15 is 0 Å². The van der Waals surface area contributed by atoms with Gasteiger partial charge in [0.15, 0.2) is 0 Å². The number of rotatable bonds is 4. The monoisotopic (exact) mass is 309 g/mol. The van der Waals surface area contributed by atoms with E-state index in [0.29, 0.717) is 26.9 Å². The third-order valence-corrected chi connectivity index (χ3v) is 3.50. The predicted molar refractivity (Wildman–Crippen MR) is 80.6 cm³/mol. The molecule has 0 aromatic heterocycles. The summed E-state index contributed by atoms with van der Waals surface area (Å²) in [4.78, 5) is 11.7. The average molecular weight is 310 g/mol. The van der Waals surface area contributed by atoms with E-state index in [1.807, 2.05) is 0 Å². The van der Waals surface area contributed by atoms with E-state index in [-0.39, 0.29) is 12.5 Å². The molecule has 2 aromatic carbocycles. The topological polar surface area (TPSA) is 38.3 Å². The molecule has 0 radical (unpaired) electrons. The summed E-state index contributed by atoms with van der Waals surface area (Å²) in [6.45, 7) is 0.201. The van der Waals surface area contributed by atoms with Crippen LogP contribution >= 0.6 is 23.2 Å². The molecule has 0 heterocycles. The van der Waals surface area contributed by atoms with Crippen molar-refractivity contribution in [1.82, 2.24) is 5.32 Å². The van der Waals surface area contributed by atoms with Crippen LogP contribution in [0.15, 0.2) is 42.5 Å². The van der Waals surface area contributed by atoms with Crippen LogP contribution in [0.1, 0.15) is 15.9 Å². The van der Waals surface area contributed by atoms with Gasteiger partial charge in [0.05, 0.1) is 5.56 Å². The molecule has 0 spiro atoms. The highest BCUT2D eigenvalue weighted by Gasteiger charge is 2.12. The lowest BCUT2D eigenvalue weighted by Gasteiger charge is -2.12. The molecule has 2 aromatic rings. The van der Waals surface area contributed by atoms with Crippen molar-refractivity contribution in [3.05, 3.63) is 63.6 Å². The smallest absolute Gasteiger partial charge is 0.254 e. The number of ether oxygens (including phenoxy) is 1. The minimum atomic E-state index is -0.203. The lowest BCUT2D eigenvalue weighted by molar-refractivity contribution is 0.0958. The number of para-hydroxylation sites is 1. The SMILES string of the molecule is CNC(=O)c1ccccc1OCc1c(Cl)cccc1Cl. The molecule has 0 fully saturated rings. The van der Waals surface area contributed by atoms with Crippen molar-refractivity contribution in [1.29, 1.82) is 0 Å². The molecule has 0 atom stereocenters. The Morgan fingerprint density at radius 1 is 1.10 bits per heavy atom. The van der Waals surface area contributed by atoms with Gasteiger partial charge in [-0.1, -0.05) is 41.4 Å². The Bertz CT molecular complexity index is 609. The number of carbonyl (C=O) groups is 1. The Kier molecular flexibility index (Phi) is 4.88. The number of benzene rings is 2. The molecule has 0 aliphatic carbocycles. The van der Waals surface area contributed by atoms with E-state index in [1.54, 1.807) is 49.5 Å². The zero-order valence-corrected chi connectivity index (χ0v) is 12.3. The Morgan fingerprint density at radius 2 is 1.75 bits per heavy atom. The largest absolute Gasteiger partial charge is 0.488 e. The Balaban J connectivity index is 2.21. The summed E-state index contributed by atoms with van der Waals surface area (Å²) < 4.78 is 5.68. The number of halogens is 2. The predicted octanol–water partition coefficient (Wildman–Crippen LogP) is 3.93. The van der Waals surface area contributed by atoms with Crippen molar-refractivity contribution < 1.29 is 9.53 Å². The molecule has 0 aliphatic rings. The Labute approximate surface area is 127 Å². The molecule has 0 aliphatic heterocycles. The highest BCUT2D eigenvalue weighted by atomic mass is 35.5. The Morgan fingerprint density at radius 3 is 2.40 bits per heavy atom. The van der Waals surface area contributed by atoms with Crippen LogP contribution in [0.3, 0.4) is 0 Å². The van der Waals surface area contributed by atoms with Crippen LogP contribution in [0, 0.1) is 0 Å². The summed E-state index contributed by atoms with van der Waals surface area (Å²) in [7, 11) is 1.57. The van der Waals surface area contributed by atoms with Gasteiger partial charge in [-0.05, 0) is 24.3 Å². The average Bonchev–Trinajstić information content (AvgIpc) is 2.46. The van der Waals surface area contributed by atoms with Crippen LogP contribution in [-0.2, 0) is 6.61 Å². The van der Waals surface area contributed by atoms with Gasteiger partial charge in [-0.25, -0.2) is 0 Å². The maximum absolute atomic E-state index is 11.7. The van der Waals surface area contributed by atoms with E-state index in [2.05, 4.69) is 5.32 Å². The second kappa shape index (κ2) is 6.64. The first-order valence-corrected chi connectivity index (χ1v) is 6.76. The van der Waals surface area contributed by atoms with Gasteiger partial charge in [0, 0.05) is 22.7 Å². The lowest BCUT2D eigenvalue weighted by Crippen LogP contribution is -2.18. The van der Waals surface area contributed by atoms with Crippen LogP contribution in [0.2, 0.25) is 10.0 Å². The molecular formula is C15H13Cl2NO2. The van der Waals surface area contributed by atoms with Gasteiger partial charge in [0.2, 0.25) is 0 Å². The van der Waals surface area contributed by atoms with Crippen LogP contribution < -0.4 is 10.1 Å². The van der Waals surface area contributed by atoms with Crippen molar-refractivity contribution in [2.24, 2.45) is 0 Å². The molecule has 20 heavy (non-hydrogen) atoms. The first kappa shape index (κ1) is 14.7. The van der Waals surface area contributed by atoms with Crippen LogP contribution in [0.25, 0.3) is 0 Å². The lowest BCUT2D eigenvalue weighted by atomic mass is 10.2. The van der Waals surface area contributed by atoms with Crippen LogP contribution in [0.4, 0.5) is 0 Å². The van der Waals surface area contributed by atoms with Gasteiger partial charge >= 0.3 is 0 Å². The molecule has 0 saturated heterocycles. The van der Waals surface area contributed by atoms with E-state index in [9.17, 15) is 4.79 Å². The fourth-order valence-corrected chi connectivity index (χ4v) is 2.24. The van der Waals surface area contributed by atoms with Gasteiger partial charge in [-0.3, -0.25) is 4.79 Å². The molecule has 0 unspecified atom stereocenters. The maximum atomic E-state index is 11.7. The summed E-state index contributed by atoms with van der Waals surface area (Å²) in [6.07, 6.45) is 0. The van der Waals surface area contributed by atoms with Crippen molar-refractivity contribution in [3.8, 4) is 5.75 Å². The highest BCUT2D eigenvalue weighted by molar-refractivity contribution is 6.35. The standard InChI is InChI=1S/C15H13Cl2NO2/c1-18-15(19)10-5-2-3-8-14(10)20-9-11-12(16)6-4-7-13(11)17/h2-8H,9H2,1H3,(H,18,19). The molecule has 5 heteroatoms. The Hall–Kier alpha value is -1.71. The van der Waals surface area contributed by atoms with Gasteiger partial charge in [-0.2, -0.15) is 0 Å². The molecular weight excluding hydrogens is 297 g/mol. The van der Waals surface area contributed by atoms with Crippen molar-refractivity contribution >= 4 is 29.1 Å². The van der Waals surface area contributed by atoms with Gasteiger partial charge in [0.25, 0.3) is 5.91 Å². The molecule has 104 valence electrons. The quantitative estimate of drug-likeness (QED) is 0.929. The summed E-state index contributed by atoms with van der Waals surface area (Å²) in [5.41, 5.74) is 1.17. The summed E-state index contributed by atoms with van der Waals surface area (Å²) in [5.74, 6) is 0.286. The fourth-order valence-electron chi connectivity index (χ4n) is 1.73. The van der Waals surface area contributed by atoms with Crippen LogP contribution in [0.5, 0.6) is 5.75 Å². The van der Waals surface area contributed by atoms with E-state index in [1.165, 1.54) is 0 Å². The van der Waals surface area contributed by atoms with Crippen LogP contribution in [-0.4, -0.2) is 13.0 Å². The summed E-state index contributed by atoms with van der Waals surface area (Å²) in [5, 5.41) is 3.65. The molecule has 1 amide bonds. The third-order valence-electron chi connectivity index (χ3n) is 2.79. The van der Waals surface area contributed by atoms with E-state index in [0.717, 1.165) is 0 Å². The fraction of sp³-hybridized carbons (Fsp3) is 0.133. The maximum Gasteiger partial charge on any atom is 0.254 e. The molecule has 0 saturated carbocycles. The normalized spacial score (nSPS) is 10.2. The zero-order chi connectivity index (χ0) is 14.5. The molecule has 0 bridgehead atoms. The third kappa shape index (κ3) is 3.24. The minimum absolute atomic E-state index is 0.201.